The second kappa shape index (κ2) is 8.14. The molecule has 3 aromatic rings. The van der Waals surface area contributed by atoms with Crippen LogP contribution in [0.3, 0.4) is 0 Å². The number of benzene rings is 2. The molecule has 0 unspecified atom stereocenters. The molecule has 0 aliphatic rings. The van der Waals surface area contributed by atoms with Gasteiger partial charge in [0.15, 0.2) is 0 Å². The largest absolute Gasteiger partial charge is 0.495 e. The number of hydrogen-bond acceptors (Lipinski definition) is 6. The summed E-state index contributed by atoms with van der Waals surface area (Å²) in [5, 5.41) is 4.50. The lowest BCUT2D eigenvalue weighted by Crippen LogP contribution is -2.10. The van der Waals surface area contributed by atoms with Crippen LogP contribution in [0.2, 0.25) is 5.02 Å². The Morgan fingerprint density at radius 1 is 1.15 bits per heavy atom. The lowest BCUT2D eigenvalue weighted by Gasteiger charge is -2.17. The number of methoxy groups -OCH3 is 2. The number of carbonyl (C=O) groups excluding carboxylic acids is 1. The second-order valence-electron chi connectivity index (χ2n) is 5.59. The van der Waals surface area contributed by atoms with Gasteiger partial charge in [0.1, 0.15) is 22.6 Å². The highest BCUT2D eigenvalue weighted by molar-refractivity contribution is 6.31. The monoisotopic (exact) mass is 386 g/mol. The highest BCUT2D eigenvalue weighted by Gasteiger charge is 2.19. The van der Waals surface area contributed by atoms with E-state index in [9.17, 15) is 4.79 Å². The van der Waals surface area contributed by atoms with Gasteiger partial charge in [0.25, 0.3) is 0 Å². The van der Waals surface area contributed by atoms with E-state index < -0.39 is 5.97 Å². The van der Waals surface area contributed by atoms with Crippen LogP contribution >= 0.6 is 11.6 Å². The van der Waals surface area contributed by atoms with Gasteiger partial charge in [0, 0.05) is 16.6 Å². The number of aromatic nitrogens is 1. The molecule has 0 saturated heterocycles. The predicted molar refractivity (Wildman–Crippen MR) is 106 cm³/mol. The maximum Gasteiger partial charge on any atom is 0.341 e. The summed E-state index contributed by atoms with van der Waals surface area (Å²) in [7, 11) is 3.14. The number of hydrogen-bond donors (Lipinski definition) is 1. The number of nitrogens with one attached hydrogen (secondary N) is 1. The van der Waals surface area contributed by atoms with E-state index >= 15 is 0 Å². The first-order valence-electron chi connectivity index (χ1n) is 8.32. The minimum atomic E-state index is -0.474. The van der Waals surface area contributed by atoms with Gasteiger partial charge in [-0.1, -0.05) is 23.7 Å². The molecule has 1 heterocycles. The Kier molecular flexibility index (Phi) is 5.66. The number of halogens is 1. The maximum absolute atomic E-state index is 12.5. The highest BCUT2D eigenvalue weighted by atomic mass is 35.5. The van der Waals surface area contributed by atoms with Gasteiger partial charge in [-0.2, -0.15) is 0 Å². The molecule has 3 rings (SSSR count). The zero-order valence-corrected chi connectivity index (χ0v) is 16.0. The smallest absolute Gasteiger partial charge is 0.341 e. The van der Waals surface area contributed by atoms with Crippen LogP contribution in [-0.4, -0.2) is 31.8 Å². The third-order valence-corrected chi connectivity index (χ3v) is 4.23. The topological polar surface area (TPSA) is 69.7 Å². The molecule has 0 amide bonds. The summed E-state index contributed by atoms with van der Waals surface area (Å²) in [5.41, 5.74) is 2.08. The van der Waals surface area contributed by atoms with E-state index in [2.05, 4.69) is 10.3 Å². The standard InChI is InChI=1S/C20H19ClN2O4/c1-4-27-20(24)14-11-22-19-13(6-5-7-17(19)26-3)18(14)23-15-10-12(21)8-9-16(15)25-2/h5-11H,4H2,1-3H3,(H,22,23). The lowest BCUT2D eigenvalue weighted by molar-refractivity contribution is 0.0527. The number of carbonyl (C=O) groups is 1. The van der Waals surface area contributed by atoms with E-state index in [0.717, 1.165) is 0 Å². The first-order chi connectivity index (χ1) is 13.1. The molecule has 0 fully saturated rings. The van der Waals surface area contributed by atoms with Crippen molar-refractivity contribution in [2.75, 3.05) is 26.1 Å². The average Bonchev–Trinajstić information content (AvgIpc) is 2.68. The van der Waals surface area contributed by atoms with Crippen LogP contribution in [0, 0.1) is 0 Å². The van der Waals surface area contributed by atoms with Crippen LogP contribution < -0.4 is 14.8 Å². The summed E-state index contributed by atoms with van der Waals surface area (Å²) >= 11 is 6.14. The average molecular weight is 387 g/mol. The van der Waals surface area contributed by atoms with Crippen molar-refractivity contribution in [3.8, 4) is 11.5 Å². The molecule has 1 aromatic heterocycles. The number of rotatable bonds is 6. The van der Waals surface area contributed by atoms with E-state index in [1.165, 1.54) is 6.20 Å². The van der Waals surface area contributed by atoms with Crippen molar-refractivity contribution < 1.29 is 19.0 Å². The SMILES string of the molecule is CCOC(=O)c1cnc2c(OC)cccc2c1Nc1cc(Cl)ccc1OC. The summed E-state index contributed by atoms with van der Waals surface area (Å²) in [6, 6.07) is 10.7. The molecule has 2 aromatic carbocycles. The molecular weight excluding hydrogens is 368 g/mol. The molecule has 7 heteroatoms. The van der Waals surface area contributed by atoms with Crippen LogP contribution in [0.1, 0.15) is 17.3 Å². The van der Waals surface area contributed by atoms with Crippen molar-refractivity contribution >= 4 is 39.8 Å². The van der Waals surface area contributed by atoms with Crippen molar-refractivity contribution in [1.82, 2.24) is 4.98 Å². The number of para-hydroxylation sites is 1. The molecule has 1 N–H and O–H groups in total. The number of fused-ring (bicyclic) bond motifs is 1. The maximum atomic E-state index is 12.5. The quantitative estimate of drug-likeness (QED) is 0.612. The molecule has 0 bridgehead atoms. The first-order valence-corrected chi connectivity index (χ1v) is 8.70. The van der Waals surface area contributed by atoms with E-state index in [1.54, 1.807) is 39.3 Å². The van der Waals surface area contributed by atoms with E-state index in [4.69, 9.17) is 25.8 Å². The van der Waals surface area contributed by atoms with Crippen molar-refractivity contribution in [2.24, 2.45) is 0 Å². The molecule has 0 spiro atoms. The zero-order valence-electron chi connectivity index (χ0n) is 15.2. The molecule has 0 aliphatic carbocycles. The van der Waals surface area contributed by atoms with Crippen LogP contribution in [0.15, 0.2) is 42.6 Å². The first kappa shape index (κ1) is 18.8. The summed E-state index contributed by atoms with van der Waals surface area (Å²) in [6.45, 7) is 2.01. The van der Waals surface area contributed by atoms with Gasteiger partial charge in [-0.15, -0.1) is 0 Å². The summed E-state index contributed by atoms with van der Waals surface area (Å²) < 4.78 is 16.0. The van der Waals surface area contributed by atoms with Crippen molar-refractivity contribution in [2.45, 2.75) is 6.92 Å². The Hall–Kier alpha value is -2.99. The van der Waals surface area contributed by atoms with Gasteiger partial charge < -0.3 is 19.5 Å². The predicted octanol–water partition coefficient (Wildman–Crippen LogP) is 4.83. The fourth-order valence-electron chi connectivity index (χ4n) is 2.77. The van der Waals surface area contributed by atoms with E-state index in [0.29, 0.717) is 44.4 Å². The molecule has 0 radical (unpaired) electrons. The lowest BCUT2D eigenvalue weighted by atomic mass is 10.1. The van der Waals surface area contributed by atoms with E-state index in [-0.39, 0.29) is 6.61 Å². The minimum absolute atomic E-state index is 0.259. The van der Waals surface area contributed by atoms with Crippen molar-refractivity contribution in [1.29, 1.82) is 0 Å². The van der Waals surface area contributed by atoms with Crippen LogP contribution in [0.4, 0.5) is 11.4 Å². The highest BCUT2D eigenvalue weighted by Crippen LogP contribution is 2.37. The summed E-state index contributed by atoms with van der Waals surface area (Å²) in [4.78, 5) is 16.9. The molecule has 0 saturated carbocycles. The normalized spacial score (nSPS) is 10.5. The number of ether oxygens (including phenoxy) is 3. The molecule has 140 valence electrons. The van der Waals surface area contributed by atoms with Gasteiger partial charge in [-0.05, 0) is 31.2 Å². The van der Waals surface area contributed by atoms with Gasteiger partial charge in [0.2, 0.25) is 0 Å². The Bertz CT molecular complexity index is 991. The molecule has 0 aliphatic heterocycles. The summed E-state index contributed by atoms with van der Waals surface area (Å²) in [5.74, 6) is 0.712. The molecule has 0 atom stereocenters. The summed E-state index contributed by atoms with van der Waals surface area (Å²) in [6.07, 6.45) is 1.47. The van der Waals surface area contributed by atoms with Gasteiger partial charge in [0.05, 0.1) is 32.2 Å². The van der Waals surface area contributed by atoms with Crippen molar-refractivity contribution in [3.05, 3.63) is 53.2 Å². The second-order valence-corrected chi connectivity index (χ2v) is 6.03. The van der Waals surface area contributed by atoms with Crippen LogP contribution in [0.25, 0.3) is 10.9 Å². The number of nitrogens with zero attached hydrogens (tertiary/aromatic N) is 1. The fourth-order valence-corrected chi connectivity index (χ4v) is 2.94. The van der Waals surface area contributed by atoms with Gasteiger partial charge in [-0.3, -0.25) is 4.98 Å². The Balaban J connectivity index is 2.23. The van der Waals surface area contributed by atoms with Gasteiger partial charge in [-0.25, -0.2) is 4.79 Å². The third kappa shape index (κ3) is 3.75. The third-order valence-electron chi connectivity index (χ3n) is 4.00. The number of pyridine rings is 1. The van der Waals surface area contributed by atoms with Crippen molar-refractivity contribution in [3.63, 3.8) is 0 Å². The van der Waals surface area contributed by atoms with Gasteiger partial charge >= 0.3 is 5.97 Å². The fraction of sp³-hybridized carbons (Fsp3) is 0.200. The van der Waals surface area contributed by atoms with E-state index in [1.807, 2.05) is 18.2 Å². The van der Waals surface area contributed by atoms with Crippen LogP contribution in [-0.2, 0) is 4.74 Å². The molecular formula is C20H19ClN2O4. The number of anilines is 2. The Morgan fingerprint density at radius 2 is 1.93 bits per heavy atom. The Labute approximate surface area is 162 Å². The number of esters is 1. The minimum Gasteiger partial charge on any atom is -0.495 e. The zero-order chi connectivity index (χ0) is 19.4. The molecule has 27 heavy (non-hydrogen) atoms. The van der Waals surface area contributed by atoms with Crippen LogP contribution in [0.5, 0.6) is 11.5 Å². The Morgan fingerprint density at radius 3 is 2.63 bits per heavy atom. The molecule has 6 nitrogen and oxygen atoms in total.